The van der Waals surface area contributed by atoms with Gasteiger partial charge in [-0.3, -0.25) is 9.59 Å². The molecule has 152 valence electrons. The molecule has 0 spiro atoms. The van der Waals surface area contributed by atoms with Crippen molar-refractivity contribution in [1.29, 1.82) is 0 Å². The molecule has 3 heterocycles. The van der Waals surface area contributed by atoms with E-state index in [0.29, 0.717) is 12.0 Å². The van der Waals surface area contributed by atoms with E-state index >= 15 is 0 Å². The molecule has 1 saturated carbocycles. The number of benzene rings is 2. The molecule has 2 N–H and O–H groups in total. The zero-order valence-corrected chi connectivity index (χ0v) is 16.9. The lowest BCUT2D eigenvalue weighted by atomic mass is 9.89. The van der Waals surface area contributed by atoms with Crippen molar-refractivity contribution in [2.45, 2.75) is 56.7 Å². The van der Waals surface area contributed by atoms with E-state index in [2.05, 4.69) is 22.4 Å². The van der Waals surface area contributed by atoms with Gasteiger partial charge in [0.25, 0.3) is 5.91 Å². The number of aromatic nitrogens is 1. The Morgan fingerprint density at radius 3 is 2.63 bits per heavy atom. The topological polar surface area (TPSA) is 65.2 Å². The molecule has 1 aliphatic carbocycles. The third-order valence-electron chi connectivity index (χ3n) is 7.11. The summed E-state index contributed by atoms with van der Waals surface area (Å²) in [6, 6.07) is 15.5. The number of carbonyl (C=O) groups excluding carboxylic acids is 2. The van der Waals surface area contributed by atoms with Gasteiger partial charge in [-0.2, -0.15) is 0 Å². The first-order valence-corrected chi connectivity index (χ1v) is 11.0. The van der Waals surface area contributed by atoms with Gasteiger partial charge in [-0.25, -0.2) is 0 Å². The molecule has 6 rings (SSSR count). The second-order valence-corrected chi connectivity index (χ2v) is 8.83. The molecule has 1 aromatic heterocycles. The van der Waals surface area contributed by atoms with Crippen molar-refractivity contribution < 1.29 is 9.59 Å². The number of fused-ring (bicyclic) bond motifs is 7. The lowest BCUT2D eigenvalue weighted by molar-refractivity contribution is -0.127. The number of carbonyl (C=O) groups is 2. The lowest BCUT2D eigenvalue weighted by Crippen LogP contribution is -2.54. The predicted octanol–water partition coefficient (Wildman–Crippen LogP) is 4.09. The number of nitrogens with one attached hydrogen (secondary N) is 2. The van der Waals surface area contributed by atoms with Gasteiger partial charge in [0.2, 0.25) is 5.91 Å². The third kappa shape index (κ3) is 2.54. The smallest absolute Gasteiger partial charge is 0.255 e. The molecule has 2 atom stereocenters. The van der Waals surface area contributed by atoms with Crippen molar-refractivity contribution in [3.05, 3.63) is 70.9 Å². The van der Waals surface area contributed by atoms with E-state index < -0.39 is 6.04 Å². The predicted molar refractivity (Wildman–Crippen MR) is 115 cm³/mol. The van der Waals surface area contributed by atoms with Gasteiger partial charge in [0, 0.05) is 34.6 Å². The number of hydrogen-bond acceptors (Lipinski definition) is 2. The second-order valence-electron chi connectivity index (χ2n) is 8.83. The van der Waals surface area contributed by atoms with Crippen LogP contribution in [-0.4, -0.2) is 33.8 Å². The minimum absolute atomic E-state index is 0.0102. The molecule has 30 heavy (non-hydrogen) atoms. The minimum atomic E-state index is -0.483. The van der Waals surface area contributed by atoms with E-state index in [1.54, 1.807) is 0 Å². The number of rotatable bonds is 2. The number of para-hydroxylation sites is 1. The molecule has 0 saturated heterocycles. The first-order valence-electron chi connectivity index (χ1n) is 11.0. The number of amides is 2. The Bertz CT molecular complexity index is 1160. The summed E-state index contributed by atoms with van der Waals surface area (Å²) in [6.07, 6.45) is 6.20. The zero-order chi connectivity index (χ0) is 20.2. The molecule has 3 aliphatic rings. The number of aromatic amines is 1. The Kier molecular flexibility index (Phi) is 3.98. The van der Waals surface area contributed by atoms with Gasteiger partial charge < -0.3 is 15.2 Å². The highest BCUT2D eigenvalue weighted by molar-refractivity contribution is 6.03. The highest BCUT2D eigenvalue weighted by Crippen LogP contribution is 2.46. The van der Waals surface area contributed by atoms with Crippen LogP contribution in [0.1, 0.15) is 65.3 Å². The fourth-order valence-electron chi connectivity index (χ4n) is 5.68. The summed E-state index contributed by atoms with van der Waals surface area (Å²) < 4.78 is 0. The highest BCUT2D eigenvalue weighted by Gasteiger charge is 2.49. The van der Waals surface area contributed by atoms with Crippen molar-refractivity contribution in [2.75, 3.05) is 0 Å². The molecule has 0 radical (unpaired) electrons. The van der Waals surface area contributed by atoms with Gasteiger partial charge in [-0.05, 0) is 36.1 Å². The molecule has 2 aromatic carbocycles. The van der Waals surface area contributed by atoms with Crippen LogP contribution in [-0.2, 0) is 11.2 Å². The summed E-state index contributed by atoms with van der Waals surface area (Å²) in [5.74, 6) is -0.0484. The number of H-pyrrole nitrogens is 1. The molecule has 1 fully saturated rings. The van der Waals surface area contributed by atoms with E-state index in [1.165, 1.54) is 24.8 Å². The summed E-state index contributed by atoms with van der Waals surface area (Å²) in [5, 5.41) is 4.43. The first kappa shape index (κ1) is 17.8. The number of nitrogens with zero attached hydrogens (tertiary/aromatic N) is 1. The normalized spacial score (nSPS) is 23.2. The molecule has 0 bridgehead atoms. The van der Waals surface area contributed by atoms with Crippen molar-refractivity contribution in [3.8, 4) is 0 Å². The van der Waals surface area contributed by atoms with Crippen LogP contribution in [0.2, 0.25) is 0 Å². The van der Waals surface area contributed by atoms with E-state index in [9.17, 15) is 9.59 Å². The van der Waals surface area contributed by atoms with Crippen LogP contribution in [0.5, 0.6) is 0 Å². The summed E-state index contributed by atoms with van der Waals surface area (Å²) >= 11 is 0. The van der Waals surface area contributed by atoms with E-state index in [4.69, 9.17) is 0 Å². The van der Waals surface area contributed by atoms with E-state index in [1.807, 2.05) is 41.3 Å². The van der Waals surface area contributed by atoms with Crippen LogP contribution >= 0.6 is 0 Å². The molecule has 2 aliphatic heterocycles. The minimum Gasteiger partial charge on any atom is -0.356 e. The SMILES string of the molecule is O=C(NC1CCCCC1)C1Cc2c([nH]c3ccccc23)C2c3ccccc3C(=O)N12. The third-order valence-corrected chi connectivity index (χ3v) is 7.11. The summed E-state index contributed by atoms with van der Waals surface area (Å²) in [7, 11) is 0. The van der Waals surface area contributed by atoms with Gasteiger partial charge in [0.05, 0.1) is 6.04 Å². The van der Waals surface area contributed by atoms with Crippen molar-refractivity contribution in [1.82, 2.24) is 15.2 Å². The van der Waals surface area contributed by atoms with E-state index in [0.717, 1.165) is 35.0 Å². The Labute approximate surface area is 175 Å². The van der Waals surface area contributed by atoms with Crippen molar-refractivity contribution in [3.63, 3.8) is 0 Å². The Hall–Kier alpha value is -3.08. The summed E-state index contributed by atoms with van der Waals surface area (Å²) in [6.45, 7) is 0. The van der Waals surface area contributed by atoms with Crippen LogP contribution in [0.3, 0.4) is 0 Å². The second kappa shape index (κ2) is 6.73. The largest absolute Gasteiger partial charge is 0.356 e. The van der Waals surface area contributed by atoms with Gasteiger partial charge in [0.15, 0.2) is 0 Å². The molecule has 2 unspecified atom stereocenters. The Morgan fingerprint density at radius 2 is 1.77 bits per heavy atom. The zero-order valence-electron chi connectivity index (χ0n) is 16.9. The summed E-state index contributed by atoms with van der Waals surface area (Å²) in [5.41, 5.74) is 4.99. The average Bonchev–Trinajstić information content (AvgIpc) is 3.30. The monoisotopic (exact) mass is 399 g/mol. The van der Waals surface area contributed by atoms with Gasteiger partial charge in [-0.15, -0.1) is 0 Å². The highest BCUT2D eigenvalue weighted by atomic mass is 16.2. The van der Waals surface area contributed by atoms with Gasteiger partial charge in [0.1, 0.15) is 6.04 Å². The molecule has 3 aromatic rings. The molecular weight excluding hydrogens is 374 g/mol. The molecule has 5 nitrogen and oxygen atoms in total. The van der Waals surface area contributed by atoms with Crippen molar-refractivity contribution >= 4 is 22.7 Å². The standard InChI is InChI=1S/C25H25N3O2/c29-24(26-15-8-2-1-3-9-15)21-14-19-16-10-6-7-13-20(16)27-22(19)23-17-11-4-5-12-18(17)25(30)28(21)23/h4-7,10-13,15,21,23,27H,1-3,8-9,14H2,(H,26,29). The quantitative estimate of drug-likeness (QED) is 0.682. The van der Waals surface area contributed by atoms with Gasteiger partial charge >= 0.3 is 0 Å². The molecule has 5 heteroatoms. The van der Waals surface area contributed by atoms with Crippen LogP contribution in [0.4, 0.5) is 0 Å². The lowest BCUT2D eigenvalue weighted by Gasteiger charge is -2.38. The molecular formula is C25H25N3O2. The van der Waals surface area contributed by atoms with E-state index in [-0.39, 0.29) is 23.9 Å². The average molecular weight is 399 g/mol. The maximum atomic E-state index is 13.5. The van der Waals surface area contributed by atoms with Crippen LogP contribution < -0.4 is 5.32 Å². The Morgan fingerprint density at radius 1 is 1.00 bits per heavy atom. The Balaban J connectivity index is 1.46. The fraction of sp³-hybridized carbons (Fsp3) is 0.360. The maximum Gasteiger partial charge on any atom is 0.255 e. The molecule has 2 amide bonds. The van der Waals surface area contributed by atoms with Crippen LogP contribution in [0.25, 0.3) is 10.9 Å². The first-order chi connectivity index (χ1) is 14.7. The van der Waals surface area contributed by atoms with Crippen LogP contribution in [0, 0.1) is 0 Å². The van der Waals surface area contributed by atoms with Gasteiger partial charge in [-0.1, -0.05) is 55.7 Å². The number of hydrogen-bond donors (Lipinski definition) is 2. The van der Waals surface area contributed by atoms with Crippen molar-refractivity contribution in [2.24, 2.45) is 0 Å². The summed E-state index contributed by atoms with van der Waals surface area (Å²) in [4.78, 5) is 32.2. The van der Waals surface area contributed by atoms with Crippen LogP contribution in [0.15, 0.2) is 48.5 Å². The maximum absolute atomic E-state index is 13.5. The fourth-order valence-corrected chi connectivity index (χ4v) is 5.68.